The lowest BCUT2D eigenvalue weighted by molar-refractivity contribution is 0.0863. The van der Waals surface area contributed by atoms with E-state index in [9.17, 15) is 0 Å². The van der Waals surface area contributed by atoms with E-state index in [1.165, 1.54) is 12.8 Å². The van der Waals surface area contributed by atoms with Gasteiger partial charge in [0.25, 0.3) is 0 Å². The van der Waals surface area contributed by atoms with Crippen molar-refractivity contribution in [3.63, 3.8) is 0 Å². The van der Waals surface area contributed by atoms with E-state index >= 15 is 0 Å². The third-order valence-corrected chi connectivity index (χ3v) is 3.12. The molecule has 0 saturated heterocycles. The fraction of sp³-hybridized carbons (Fsp3) is 1.00. The predicted octanol–water partition coefficient (Wildman–Crippen LogP) is 2.68. The Morgan fingerprint density at radius 3 is 2.43 bits per heavy atom. The van der Waals surface area contributed by atoms with Crippen LogP contribution < -0.4 is 5.32 Å². The molecular weight excluding hydrogens is 174 g/mol. The molecule has 0 aromatic rings. The van der Waals surface area contributed by atoms with Crippen LogP contribution in [0.3, 0.4) is 0 Å². The van der Waals surface area contributed by atoms with Crippen molar-refractivity contribution < 1.29 is 4.74 Å². The van der Waals surface area contributed by atoms with Gasteiger partial charge in [-0.05, 0) is 37.3 Å². The van der Waals surface area contributed by atoms with Crippen LogP contribution in [0.1, 0.15) is 40.5 Å². The van der Waals surface area contributed by atoms with Crippen LogP contribution in [0.15, 0.2) is 0 Å². The van der Waals surface area contributed by atoms with Gasteiger partial charge in [0.1, 0.15) is 0 Å². The average molecular weight is 201 g/mol. The molecule has 2 heteroatoms. The highest BCUT2D eigenvalue weighted by Gasteiger charge is 2.24. The summed E-state index contributed by atoms with van der Waals surface area (Å²) >= 11 is 0. The summed E-state index contributed by atoms with van der Waals surface area (Å²) in [6.07, 6.45) is 2.44. The normalized spacial score (nSPS) is 14.4. The molecule has 0 aliphatic heterocycles. The number of hydrogen-bond acceptors (Lipinski definition) is 2. The van der Waals surface area contributed by atoms with Gasteiger partial charge in [-0.15, -0.1) is 0 Å². The second-order valence-electron chi connectivity index (χ2n) is 4.84. The fourth-order valence-electron chi connectivity index (χ4n) is 1.43. The highest BCUT2D eigenvalue weighted by Crippen LogP contribution is 2.29. The molecule has 0 saturated carbocycles. The average Bonchev–Trinajstić information content (AvgIpc) is 2.13. The fourth-order valence-corrected chi connectivity index (χ4v) is 1.43. The van der Waals surface area contributed by atoms with Crippen LogP contribution in [0.5, 0.6) is 0 Å². The third-order valence-electron chi connectivity index (χ3n) is 3.12. The van der Waals surface area contributed by atoms with E-state index in [1.807, 2.05) is 0 Å². The summed E-state index contributed by atoms with van der Waals surface area (Å²) in [7, 11) is 1.78. The molecule has 14 heavy (non-hydrogen) atoms. The van der Waals surface area contributed by atoms with Gasteiger partial charge in [-0.2, -0.15) is 0 Å². The molecule has 1 atom stereocenters. The highest BCUT2D eigenvalue weighted by atomic mass is 16.5. The summed E-state index contributed by atoms with van der Waals surface area (Å²) in [6.45, 7) is 12.2. The van der Waals surface area contributed by atoms with Crippen molar-refractivity contribution in [3.8, 4) is 0 Å². The molecule has 0 fully saturated rings. The van der Waals surface area contributed by atoms with E-state index in [0.29, 0.717) is 11.3 Å². The molecule has 1 unspecified atom stereocenters. The van der Waals surface area contributed by atoms with Crippen molar-refractivity contribution in [2.24, 2.45) is 11.3 Å². The molecule has 86 valence electrons. The Kier molecular flexibility index (Phi) is 7.20. The van der Waals surface area contributed by atoms with Crippen molar-refractivity contribution >= 4 is 0 Å². The molecule has 0 aromatic heterocycles. The van der Waals surface area contributed by atoms with Gasteiger partial charge in [0.2, 0.25) is 0 Å². The second-order valence-corrected chi connectivity index (χ2v) is 4.84. The van der Waals surface area contributed by atoms with Gasteiger partial charge in [0, 0.05) is 13.7 Å². The van der Waals surface area contributed by atoms with Crippen LogP contribution in [0.4, 0.5) is 0 Å². The quantitative estimate of drug-likeness (QED) is 0.610. The SMILES string of the molecule is CCCNCCC(C)(C)C(C)COC. The van der Waals surface area contributed by atoms with E-state index in [1.54, 1.807) is 7.11 Å². The van der Waals surface area contributed by atoms with Crippen LogP contribution in [0, 0.1) is 11.3 Å². The molecule has 0 aromatic carbocycles. The summed E-state index contributed by atoms with van der Waals surface area (Å²) in [5.41, 5.74) is 0.372. The maximum atomic E-state index is 5.20. The van der Waals surface area contributed by atoms with Crippen LogP contribution in [0.2, 0.25) is 0 Å². The lowest BCUT2D eigenvalue weighted by Gasteiger charge is -2.31. The Labute approximate surface area is 89.4 Å². The van der Waals surface area contributed by atoms with Gasteiger partial charge in [-0.3, -0.25) is 0 Å². The van der Waals surface area contributed by atoms with E-state index in [-0.39, 0.29) is 0 Å². The van der Waals surface area contributed by atoms with Crippen molar-refractivity contribution in [1.29, 1.82) is 0 Å². The van der Waals surface area contributed by atoms with E-state index in [0.717, 1.165) is 19.7 Å². The first kappa shape index (κ1) is 13.9. The number of rotatable bonds is 8. The first-order valence-electron chi connectivity index (χ1n) is 5.74. The molecule has 2 nitrogen and oxygen atoms in total. The summed E-state index contributed by atoms with van der Waals surface area (Å²) < 4.78 is 5.20. The third kappa shape index (κ3) is 5.61. The molecule has 1 N–H and O–H groups in total. The molecule has 0 amide bonds. The standard InChI is InChI=1S/C12H27NO/c1-6-8-13-9-7-12(3,4)11(2)10-14-5/h11,13H,6-10H2,1-5H3. The van der Waals surface area contributed by atoms with Gasteiger partial charge in [-0.25, -0.2) is 0 Å². The lowest BCUT2D eigenvalue weighted by atomic mass is 9.77. The second kappa shape index (κ2) is 7.24. The number of methoxy groups -OCH3 is 1. The van der Waals surface area contributed by atoms with Crippen molar-refractivity contribution in [2.75, 3.05) is 26.8 Å². The zero-order valence-corrected chi connectivity index (χ0v) is 10.5. The van der Waals surface area contributed by atoms with Gasteiger partial charge < -0.3 is 10.1 Å². The zero-order valence-electron chi connectivity index (χ0n) is 10.5. The van der Waals surface area contributed by atoms with Crippen molar-refractivity contribution in [2.45, 2.75) is 40.5 Å². The molecular formula is C12H27NO. The summed E-state index contributed by atoms with van der Waals surface area (Å²) in [6, 6.07) is 0. The molecule has 0 heterocycles. The monoisotopic (exact) mass is 201 g/mol. The van der Waals surface area contributed by atoms with Crippen LogP contribution in [0.25, 0.3) is 0 Å². The van der Waals surface area contributed by atoms with E-state index < -0.39 is 0 Å². The van der Waals surface area contributed by atoms with E-state index in [2.05, 4.69) is 33.0 Å². The van der Waals surface area contributed by atoms with Gasteiger partial charge in [-0.1, -0.05) is 27.7 Å². The zero-order chi connectivity index (χ0) is 11.0. The minimum Gasteiger partial charge on any atom is -0.384 e. The Morgan fingerprint density at radius 2 is 1.93 bits per heavy atom. The minimum atomic E-state index is 0.372. The summed E-state index contributed by atoms with van der Waals surface area (Å²) in [5, 5.41) is 3.45. The minimum absolute atomic E-state index is 0.372. The van der Waals surface area contributed by atoms with Gasteiger partial charge >= 0.3 is 0 Å². The Balaban J connectivity index is 3.69. The van der Waals surface area contributed by atoms with Crippen LogP contribution >= 0.6 is 0 Å². The maximum Gasteiger partial charge on any atom is 0.0492 e. The Bertz CT molecular complexity index is 134. The Hall–Kier alpha value is -0.0800. The molecule has 0 rings (SSSR count). The molecule has 0 aliphatic carbocycles. The number of hydrogen-bond donors (Lipinski definition) is 1. The maximum absolute atomic E-state index is 5.20. The summed E-state index contributed by atoms with van der Waals surface area (Å²) in [5.74, 6) is 0.621. The van der Waals surface area contributed by atoms with Crippen molar-refractivity contribution in [3.05, 3.63) is 0 Å². The smallest absolute Gasteiger partial charge is 0.0492 e. The molecule has 0 bridgehead atoms. The summed E-state index contributed by atoms with van der Waals surface area (Å²) in [4.78, 5) is 0. The molecule has 0 radical (unpaired) electrons. The number of ether oxygens (including phenoxy) is 1. The molecule has 0 aliphatic rings. The van der Waals surface area contributed by atoms with Crippen LogP contribution in [-0.4, -0.2) is 26.8 Å². The largest absolute Gasteiger partial charge is 0.384 e. The first-order chi connectivity index (χ1) is 6.54. The number of nitrogens with one attached hydrogen (secondary N) is 1. The molecule has 0 spiro atoms. The Morgan fingerprint density at radius 1 is 1.29 bits per heavy atom. The first-order valence-corrected chi connectivity index (χ1v) is 5.74. The van der Waals surface area contributed by atoms with Crippen LogP contribution in [-0.2, 0) is 4.74 Å². The van der Waals surface area contributed by atoms with E-state index in [4.69, 9.17) is 4.74 Å². The van der Waals surface area contributed by atoms with Crippen molar-refractivity contribution in [1.82, 2.24) is 5.32 Å². The lowest BCUT2D eigenvalue weighted by Crippen LogP contribution is -2.30. The predicted molar refractivity (Wildman–Crippen MR) is 62.6 cm³/mol. The highest BCUT2D eigenvalue weighted by molar-refractivity contribution is 4.75. The van der Waals surface area contributed by atoms with Gasteiger partial charge in [0.15, 0.2) is 0 Å². The topological polar surface area (TPSA) is 21.3 Å². The van der Waals surface area contributed by atoms with Gasteiger partial charge in [0.05, 0.1) is 0 Å².